The van der Waals surface area contributed by atoms with Crippen LogP contribution < -0.4 is 16.2 Å². The van der Waals surface area contributed by atoms with Gasteiger partial charge in [0.2, 0.25) is 5.95 Å². The van der Waals surface area contributed by atoms with E-state index in [1.807, 2.05) is 6.92 Å². The number of anilines is 1. The van der Waals surface area contributed by atoms with Crippen LogP contribution in [0.25, 0.3) is 22.2 Å². The van der Waals surface area contributed by atoms with Gasteiger partial charge in [-0.25, -0.2) is 9.37 Å². The third-order valence-corrected chi connectivity index (χ3v) is 6.95. The SMILES string of the molecule is CC1NC(=O)c2cc(-c3c(F)ccc4c(=O)n(C5CC5)c(NC5(C)CCC5)nc34)[nH]c21. The van der Waals surface area contributed by atoms with Gasteiger partial charge in [-0.05, 0) is 64.2 Å². The minimum atomic E-state index is -0.475. The molecule has 1 atom stereocenters. The van der Waals surface area contributed by atoms with E-state index >= 15 is 4.39 Å². The summed E-state index contributed by atoms with van der Waals surface area (Å²) in [6.45, 7) is 4.00. The molecule has 3 aromatic rings. The highest BCUT2D eigenvalue weighted by Crippen LogP contribution is 2.40. The molecule has 0 radical (unpaired) electrons. The van der Waals surface area contributed by atoms with E-state index in [-0.39, 0.29) is 34.7 Å². The molecule has 6 rings (SSSR count). The fourth-order valence-corrected chi connectivity index (χ4v) is 4.84. The van der Waals surface area contributed by atoms with E-state index in [1.54, 1.807) is 10.6 Å². The Morgan fingerprint density at radius 3 is 2.68 bits per heavy atom. The second-order valence-electron chi connectivity index (χ2n) is 9.41. The Morgan fingerprint density at radius 2 is 2.03 bits per heavy atom. The summed E-state index contributed by atoms with van der Waals surface area (Å²) in [6, 6.07) is 4.45. The van der Waals surface area contributed by atoms with Crippen molar-refractivity contribution >= 4 is 22.8 Å². The van der Waals surface area contributed by atoms with Gasteiger partial charge in [0.05, 0.1) is 39.5 Å². The standard InChI is InChI=1S/C23H24FN5O2/c1-11-18-14(20(30)25-11)10-16(26-18)17-15(24)7-6-13-19(17)27-22(28-23(2)8-3-9-23)29(21(13)31)12-4-5-12/h6-7,10-12,26H,3-5,8-9H2,1-2H3,(H,25,30)(H,27,28). The molecule has 31 heavy (non-hydrogen) atoms. The van der Waals surface area contributed by atoms with Crippen molar-refractivity contribution in [2.75, 3.05) is 5.32 Å². The van der Waals surface area contributed by atoms with Crippen molar-refractivity contribution in [2.45, 2.75) is 63.6 Å². The van der Waals surface area contributed by atoms with Crippen molar-refractivity contribution in [2.24, 2.45) is 0 Å². The van der Waals surface area contributed by atoms with Crippen molar-refractivity contribution in [3.05, 3.63) is 45.6 Å². The number of halogens is 1. The number of aromatic amines is 1. The number of fused-ring (bicyclic) bond motifs is 2. The summed E-state index contributed by atoms with van der Waals surface area (Å²) in [4.78, 5) is 33.6. The van der Waals surface area contributed by atoms with Crippen LogP contribution in [0, 0.1) is 5.82 Å². The molecule has 1 unspecified atom stereocenters. The summed E-state index contributed by atoms with van der Waals surface area (Å²) in [5, 5.41) is 6.71. The lowest BCUT2D eigenvalue weighted by molar-refractivity contribution is 0.0958. The molecule has 3 N–H and O–H groups in total. The number of hydrogen-bond acceptors (Lipinski definition) is 4. The number of carbonyl (C=O) groups excluding carboxylic acids is 1. The van der Waals surface area contributed by atoms with Crippen LogP contribution in [0.5, 0.6) is 0 Å². The highest BCUT2D eigenvalue weighted by atomic mass is 19.1. The van der Waals surface area contributed by atoms with Gasteiger partial charge in [-0.3, -0.25) is 14.2 Å². The van der Waals surface area contributed by atoms with E-state index in [4.69, 9.17) is 4.98 Å². The third-order valence-electron chi connectivity index (χ3n) is 6.95. The van der Waals surface area contributed by atoms with E-state index in [0.717, 1.165) is 37.8 Å². The van der Waals surface area contributed by atoms with Crippen molar-refractivity contribution in [1.29, 1.82) is 0 Å². The number of aromatic nitrogens is 3. The number of H-pyrrole nitrogens is 1. The fraction of sp³-hybridized carbons (Fsp3) is 0.435. The zero-order valence-electron chi connectivity index (χ0n) is 17.5. The van der Waals surface area contributed by atoms with Crippen molar-refractivity contribution < 1.29 is 9.18 Å². The Balaban J connectivity index is 1.59. The van der Waals surface area contributed by atoms with Gasteiger partial charge in [0.25, 0.3) is 11.5 Å². The molecule has 0 bridgehead atoms. The molecule has 2 aromatic heterocycles. The van der Waals surface area contributed by atoms with Crippen molar-refractivity contribution in [1.82, 2.24) is 19.9 Å². The molecular weight excluding hydrogens is 397 g/mol. The molecule has 0 spiro atoms. The summed E-state index contributed by atoms with van der Waals surface area (Å²) in [6.07, 6.45) is 5.06. The molecule has 1 amide bonds. The summed E-state index contributed by atoms with van der Waals surface area (Å²) in [5.41, 5.74) is 2.00. The average molecular weight is 421 g/mol. The second-order valence-corrected chi connectivity index (χ2v) is 9.41. The lowest BCUT2D eigenvalue weighted by atomic mass is 9.79. The maximum absolute atomic E-state index is 15.1. The number of hydrogen-bond donors (Lipinski definition) is 3. The van der Waals surface area contributed by atoms with E-state index in [1.165, 1.54) is 12.1 Å². The molecule has 3 heterocycles. The molecule has 1 aliphatic heterocycles. The maximum atomic E-state index is 15.1. The van der Waals surface area contributed by atoms with Crippen LogP contribution in [0.3, 0.4) is 0 Å². The van der Waals surface area contributed by atoms with Gasteiger partial charge in [0, 0.05) is 11.6 Å². The normalized spacial score (nSPS) is 21.6. The average Bonchev–Trinajstić information content (AvgIpc) is 3.36. The smallest absolute Gasteiger partial charge is 0.263 e. The quantitative estimate of drug-likeness (QED) is 0.593. The van der Waals surface area contributed by atoms with Crippen LogP contribution in [-0.4, -0.2) is 26.0 Å². The Hall–Kier alpha value is -3.16. The van der Waals surface area contributed by atoms with Crippen LogP contribution >= 0.6 is 0 Å². The lowest BCUT2D eigenvalue weighted by Crippen LogP contribution is -2.43. The molecule has 2 fully saturated rings. The highest BCUT2D eigenvalue weighted by Gasteiger charge is 2.36. The van der Waals surface area contributed by atoms with E-state index < -0.39 is 5.82 Å². The number of benzene rings is 1. The van der Waals surface area contributed by atoms with Crippen LogP contribution in [0.4, 0.5) is 10.3 Å². The van der Waals surface area contributed by atoms with Gasteiger partial charge in [-0.1, -0.05) is 0 Å². The summed E-state index contributed by atoms with van der Waals surface area (Å²) < 4.78 is 16.9. The number of nitrogens with zero attached hydrogens (tertiary/aromatic N) is 2. The van der Waals surface area contributed by atoms with Crippen LogP contribution in [-0.2, 0) is 0 Å². The van der Waals surface area contributed by atoms with Gasteiger partial charge in [0.15, 0.2) is 0 Å². The van der Waals surface area contributed by atoms with Gasteiger partial charge in [-0.2, -0.15) is 0 Å². The molecule has 1 aromatic carbocycles. The molecule has 7 nitrogen and oxygen atoms in total. The first-order valence-corrected chi connectivity index (χ1v) is 10.9. The maximum Gasteiger partial charge on any atom is 0.263 e. The largest absolute Gasteiger partial charge is 0.356 e. The molecule has 0 saturated heterocycles. The Morgan fingerprint density at radius 1 is 1.26 bits per heavy atom. The molecule has 8 heteroatoms. The Labute approximate surface area is 178 Å². The Bertz CT molecular complexity index is 1320. The van der Waals surface area contributed by atoms with Gasteiger partial charge >= 0.3 is 0 Å². The molecule has 2 aliphatic carbocycles. The summed E-state index contributed by atoms with van der Waals surface area (Å²) in [7, 11) is 0. The van der Waals surface area contributed by atoms with E-state index in [2.05, 4.69) is 22.5 Å². The number of nitrogens with one attached hydrogen (secondary N) is 3. The first-order valence-electron chi connectivity index (χ1n) is 10.9. The third kappa shape index (κ3) is 2.73. The van der Waals surface area contributed by atoms with E-state index in [0.29, 0.717) is 28.1 Å². The first-order chi connectivity index (χ1) is 14.8. The van der Waals surface area contributed by atoms with Crippen LogP contribution in [0.15, 0.2) is 23.0 Å². The fourth-order valence-electron chi connectivity index (χ4n) is 4.84. The zero-order valence-corrected chi connectivity index (χ0v) is 17.5. The number of rotatable bonds is 4. The van der Waals surface area contributed by atoms with Crippen LogP contribution in [0.1, 0.15) is 74.1 Å². The first kappa shape index (κ1) is 18.6. The number of carbonyl (C=O) groups is 1. The van der Waals surface area contributed by atoms with Gasteiger partial charge in [0.1, 0.15) is 5.82 Å². The molecular formula is C23H24FN5O2. The highest BCUT2D eigenvalue weighted by molar-refractivity contribution is 6.01. The molecule has 3 aliphatic rings. The summed E-state index contributed by atoms with van der Waals surface area (Å²) in [5.74, 6) is -0.147. The van der Waals surface area contributed by atoms with E-state index in [9.17, 15) is 9.59 Å². The minimum Gasteiger partial charge on any atom is -0.356 e. The predicted octanol–water partition coefficient (Wildman–Crippen LogP) is 4.02. The second kappa shape index (κ2) is 6.18. The van der Waals surface area contributed by atoms with Gasteiger partial charge < -0.3 is 15.6 Å². The zero-order chi connectivity index (χ0) is 21.5. The minimum absolute atomic E-state index is 0.0988. The summed E-state index contributed by atoms with van der Waals surface area (Å²) >= 11 is 0. The Kier molecular flexibility index (Phi) is 3.71. The van der Waals surface area contributed by atoms with Crippen LogP contribution in [0.2, 0.25) is 0 Å². The monoisotopic (exact) mass is 421 g/mol. The topological polar surface area (TPSA) is 91.8 Å². The molecule has 160 valence electrons. The van der Waals surface area contributed by atoms with Gasteiger partial charge in [-0.15, -0.1) is 0 Å². The van der Waals surface area contributed by atoms with Crippen molar-refractivity contribution in [3.63, 3.8) is 0 Å². The number of amides is 1. The molecule has 2 saturated carbocycles. The van der Waals surface area contributed by atoms with Crippen molar-refractivity contribution in [3.8, 4) is 11.3 Å². The lowest BCUT2D eigenvalue weighted by Gasteiger charge is -2.40. The predicted molar refractivity (Wildman–Crippen MR) is 116 cm³/mol.